The van der Waals surface area contributed by atoms with E-state index in [9.17, 15) is 4.79 Å². The second-order valence-electron chi connectivity index (χ2n) is 8.62. The second kappa shape index (κ2) is 20.1. The lowest BCUT2D eigenvalue weighted by Gasteiger charge is -2.14. The Balaban J connectivity index is 1.09. The summed E-state index contributed by atoms with van der Waals surface area (Å²) in [5, 5.41) is 2.74. The van der Waals surface area contributed by atoms with Crippen LogP contribution in [-0.4, -0.2) is 103 Å². The number of carbonyl (C=O) groups is 1. The molecular weight excluding hydrogens is 617 g/mol. The molecule has 216 valence electrons. The average molecular weight is 658 g/mol. The van der Waals surface area contributed by atoms with Gasteiger partial charge >= 0.3 is 6.09 Å². The van der Waals surface area contributed by atoms with Gasteiger partial charge in [-0.1, -0.05) is 71.1 Å². The molecule has 1 amide bonds. The normalized spacial score (nSPS) is 12.3. The van der Waals surface area contributed by atoms with Crippen molar-refractivity contribution in [3.63, 3.8) is 0 Å². The number of amides is 1. The first-order valence-electron chi connectivity index (χ1n) is 13.4. The molecule has 1 N–H and O–H groups in total. The molecule has 0 bridgehead atoms. The van der Waals surface area contributed by atoms with E-state index in [4.69, 9.17) is 33.2 Å². The number of nitrogens with one attached hydrogen (secondary N) is 1. The quantitative estimate of drug-likeness (QED) is 0.115. The van der Waals surface area contributed by atoms with Crippen molar-refractivity contribution in [3.8, 4) is 11.1 Å². The van der Waals surface area contributed by atoms with Crippen molar-refractivity contribution in [1.82, 2.24) is 5.32 Å². The maximum atomic E-state index is 12.2. The van der Waals surface area contributed by atoms with Crippen molar-refractivity contribution in [2.24, 2.45) is 0 Å². The molecule has 10 heteroatoms. The summed E-state index contributed by atoms with van der Waals surface area (Å²) in [5.41, 5.74) is 4.80. The predicted molar refractivity (Wildman–Crippen MR) is 157 cm³/mol. The molecule has 0 fully saturated rings. The lowest BCUT2D eigenvalue weighted by atomic mass is 9.98. The van der Waals surface area contributed by atoms with Crippen LogP contribution in [0.25, 0.3) is 11.1 Å². The van der Waals surface area contributed by atoms with Gasteiger partial charge in [0.05, 0.1) is 79.3 Å². The Morgan fingerprint density at radius 2 is 1.03 bits per heavy atom. The molecule has 0 aliphatic heterocycles. The summed E-state index contributed by atoms with van der Waals surface area (Å²) in [5.74, 6) is 0.0493. The summed E-state index contributed by atoms with van der Waals surface area (Å²) < 4.78 is 39.1. The van der Waals surface area contributed by atoms with Crippen LogP contribution >= 0.6 is 22.6 Å². The summed E-state index contributed by atoms with van der Waals surface area (Å²) in [7, 11) is 0. The second-order valence-corrected chi connectivity index (χ2v) is 9.69. The van der Waals surface area contributed by atoms with Crippen LogP contribution in [0.4, 0.5) is 4.79 Å². The summed E-state index contributed by atoms with van der Waals surface area (Å²) >= 11 is 2.27. The van der Waals surface area contributed by atoms with Gasteiger partial charge in [0.1, 0.15) is 6.61 Å². The SMILES string of the molecule is O=C(NCCOCCOCCOCCOCCOCCOCCI)OCC1c2ccccc2-c2ccccc21. The number of carbonyl (C=O) groups excluding carboxylic acids is 1. The molecule has 0 radical (unpaired) electrons. The lowest BCUT2D eigenvalue weighted by molar-refractivity contribution is -0.0158. The first-order chi connectivity index (χ1) is 19.3. The van der Waals surface area contributed by atoms with E-state index in [0.717, 1.165) is 11.0 Å². The molecular formula is C29H40INO8. The van der Waals surface area contributed by atoms with Gasteiger partial charge in [-0.15, -0.1) is 0 Å². The fourth-order valence-electron chi connectivity index (χ4n) is 4.13. The van der Waals surface area contributed by atoms with Crippen LogP contribution in [0.3, 0.4) is 0 Å². The molecule has 1 aliphatic carbocycles. The van der Waals surface area contributed by atoms with E-state index in [0.29, 0.717) is 85.8 Å². The summed E-state index contributed by atoms with van der Waals surface area (Å²) in [6.07, 6.45) is -0.442. The lowest BCUT2D eigenvalue weighted by Crippen LogP contribution is -2.29. The van der Waals surface area contributed by atoms with E-state index in [2.05, 4.69) is 52.2 Å². The number of ether oxygens (including phenoxy) is 7. The van der Waals surface area contributed by atoms with Gasteiger partial charge in [-0.3, -0.25) is 0 Å². The highest BCUT2D eigenvalue weighted by Crippen LogP contribution is 2.44. The van der Waals surface area contributed by atoms with Crippen LogP contribution in [0.2, 0.25) is 0 Å². The molecule has 0 aromatic heterocycles. The molecule has 3 rings (SSSR count). The monoisotopic (exact) mass is 657 g/mol. The molecule has 0 heterocycles. The van der Waals surface area contributed by atoms with Gasteiger partial charge < -0.3 is 38.5 Å². The summed E-state index contributed by atoms with van der Waals surface area (Å²) in [4.78, 5) is 12.2. The number of alkyl carbamates (subject to hydrolysis) is 1. The van der Waals surface area contributed by atoms with Gasteiger partial charge in [0.15, 0.2) is 0 Å². The highest BCUT2D eigenvalue weighted by Gasteiger charge is 2.28. The van der Waals surface area contributed by atoms with Gasteiger partial charge in [0.25, 0.3) is 0 Å². The Labute approximate surface area is 244 Å². The zero-order chi connectivity index (χ0) is 27.4. The topological polar surface area (TPSA) is 93.7 Å². The van der Waals surface area contributed by atoms with Crippen molar-refractivity contribution in [2.75, 3.05) is 96.9 Å². The molecule has 0 spiro atoms. The summed E-state index contributed by atoms with van der Waals surface area (Å²) in [6, 6.07) is 16.5. The van der Waals surface area contributed by atoms with Crippen LogP contribution in [-0.2, 0) is 33.2 Å². The fraction of sp³-hybridized carbons (Fsp3) is 0.552. The van der Waals surface area contributed by atoms with Gasteiger partial charge in [0.2, 0.25) is 0 Å². The maximum absolute atomic E-state index is 12.2. The van der Waals surface area contributed by atoms with Crippen LogP contribution in [0, 0.1) is 0 Å². The third-order valence-electron chi connectivity index (χ3n) is 5.94. The molecule has 0 saturated carbocycles. The smallest absolute Gasteiger partial charge is 0.407 e. The minimum Gasteiger partial charge on any atom is -0.449 e. The molecule has 0 unspecified atom stereocenters. The van der Waals surface area contributed by atoms with Crippen LogP contribution in [0.15, 0.2) is 48.5 Å². The maximum Gasteiger partial charge on any atom is 0.407 e. The Morgan fingerprint density at radius 3 is 1.49 bits per heavy atom. The zero-order valence-electron chi connectivity index (χ0n) is 22.4. The Bertz CT molecular complexity index is 902. The van der Waals surface area contributed by atoms with Gasteiger partial charge in [-0.05, 0) is 22.3 Å². The van der Waals surface area contributed by atoms with Crippen LogP contribution in [0.5, 0.6) is 0 Å². The number of rotatable bonds is 22. The highest BCUT2D eigenvalue weighted by molar-refractivity contribution is 14.1. The van der Waals surface area contributed by atoms with E-state index >= 15 is 0 Å². The average Bonchev–Trinajstić information content (AvgIpc) is 3.28. The van der Waals surface area contributed by atoms with Crippen molar-refractivity contribution in [2.45, 2.75) is 5.92 Å². The largest absolute Gasteiger partial charge is 0.449 e. The number of alkyl halides is 1. The summed E-state index contributed by atoms with van der Waals surface area (Å²) in [6.45, 7) is 7.05. The molecule has 39 heavy (non-hydrogen) atoms. The van der Waals surface area contributed by atoms with Crippen molar-refractivity contribution >= 4 is 28.7 Å². The van der Waals surface area contributed by atoms with Gasteiger partial charge in [0, 0.05) is 16.9 Å². The third-order valence-corrected chi connectivity index (χ3v) is 6.38. The fourth-order valence-corrected chi connectivity index (χ4v) is 4.44. The first-order valence-corrected chi connectivity index (χ1v) is 14.9. The van der Waals surface area contributed by atoms with Crippen molar-refractivity contribution < 1.29 is 38.0 Å². The molecule has 0 saturated heterocycles. The molecule has 9 nitrogen and oxygen atoms in total. The van der Waals surface area contributed by atoms with E-state index in [-0.39, 0.29) is 5.92 Å². The number of benzene rings is 2. The van der Waals surface area contributed by atoms with E-state index in [1.54, 1.807) is 0 Å². The number of halogens is 1. The van der Waals surface area contributed by atoms with Crippen LogP contribution < -0.4 is 5.32 Å². The van der Waals surface area contributed by atoms with Gasteiger partial charge in [-0.25, -0.2) is 4.79 Å². The molecule has 2 aromatic carbocycles. The minimum atomic E-state index is -0.442. The third kappa shape index (κ3) is 12.1. The highest BCUT2D eigenvalue weighted by atomic mass is 127. The van der Waals surface area contributed by atoms with E-state index < -0.39 is 6.09 Å². The zero-order valence-corrected chi connectivity index (χ0v) is 24.6. The minimum absolute atomic E-state index is 0.0493. The Hall–Kier alpha value is -1.80. The Kier molecular flexibility index (Phi) is 16.4. The van der Waals surface area contributed by atoms with Crippen molar-refractivity contribution in [1.29, 1.82) is 0 Å². The number of fused-ring (bicyclic) bond motifs is 3. The molecule has 0 atom stereocenters. The van der Waals surface area contributed by atoms with E-state index in [1.165, 1.54) is 22.3 Å². The number of hydrogen-bond acceptors (Lipinski definition) is 8. The standard InChI is InChI=1S/C29H40INO8/c30-9-11-33-13-15-35-17-19-37-21-22-38-20-18-36-16-14-34-12-10-31-29(32)39-23-28-26-7-3-1-5-24(26)25-6-2-4-8-27(25)28/h1-8,28H,9-23H2,(H,31,32). The molecule has 2 aromatic rings. The first kappa shape index (κ1) is 31.7. The van der Waals surface area contributed by atoms with Crippen LogP contribution in [0.1, 0.15) is 17.0 Å². The van der Waals surface area contributed by atoms with Gasteiger partial charge in [-0.2, -0.15) is 0 Å². The predicted octanol–water partition coefficient (Wildman–Crippen LogP) is 4.06. The molecule has 1 aliphatic rings. The number of hydrogen-bond donors (Lipinski definition) is 1. The van der Waals surface area contributed by atoms with E-state index in [1.807, 2.05) is 24.3 Å². The Morgan fingerprint density at radius 1 is 0.615 bits per heavy atom. The van der Waals surface area contributed by atoms with Crippen molar-refractivity contribution in [3.05, 3.63) is 59.7 Å².